The molecule has 2 saturated heterocycles. The molecule has 4 rings (SSSR count). The molecule has 2 unspecified atom stereocenters. The highest BCUT2D eigenvalue weighted by Gasteiger charge is 2.71. The van der Waals surface area contributed by atoms with Gasteiger partial charge in [-0.15, -0.1) is 0 Å². The monoisotopic (exact) mass is 460 g/mol. The second-order valence-electron chi connectivity index (χ2n) is 9.60. The van der Waals surface area contributed by atoms with Crippen molar-refractivity contribution >= 4 is 17.8 Å². The van der Waals surface area contributed by atoms with E-state index in [2.05, 4.69) is 6.92 Å². The van der Waals surface area contributed by atoms with Crippen LogP contribution in [0.3, 0.4) is 0 Å². The van der Waals surface area contributed by atoms with Crippen molar-refractivity contribution < 1.29 is 29.0 Å². The molecule has 1 spiro atoms. The molecule has 8 nitrogen and oxygen atoms in total. The largest absolute Gasteiger partial charge is 0.461 e. The molecule has 4 aliphatic heterocycles. The SMILES string of the molecule is CCCC(C)N1CC=C[C@]23O[C@H]4C=CCOC(=O)[C@H]4[C@H]2C(=O)N(CCCCCCO)C3C1=O. The highest BCUT2D eigenvalue weighted by molar-refractivity contribution is 5.99. The molecule has 0 aromatic rings. The van der Waals surface area contributed by atoms with Gasteiger partial charge in [0.2, 0.25) is 11.8 Å². The van der Waals surface area contributed by atoms with E-state index in [9.17, 15) is 14.4 Å². The fourth-order valence-electron chi connectivity index (χ4n) is 5.94. The van der Waals surface area contributed by atoms with Gasteiger partial charge in [0.05, 0.1) is 12.0 Å². The standard InChI is InChI=1S/C25H36N2O6/c1-3-10-17(2)26-14-9-12-25-20(19-18(33-25)11-8-16-32-24(19)31)22(29)27(21(25)23(26)30)13-6-4-5-7-15-28/h8-9,11-12,17-21,28H,3-7,10,13-16H2,1-2H3/t17?,18-,19+,20-,21?,25-/m0/s1. The van der Waals surface area contributed by atoms with Gasteiger partial charge in [-0.1, -0.05) is 44.4 Å². The van der Waals surface area contributed by atoms with Crippen LogP contribution in [0.25, 0.3) is 0 Å². The van der Waals surface area contributed by atoms with Crippen molar-refractivity contribution in [2.75, 3.05) is 26.3 Å². The number of ether oxygens (including phenoxy) is 2. The Labute approximate surface area is 195 Å². The first-order chi connectivity index (χ1) is 16.0. The summed E-state index contributed by atoms with van der Waals surface area (Å²) in [5, 5.41) is 9.04. The van der Waals surface area contributed by atoms with E-state index in [4.69, 9.17) is 14.6 Å². The summed E-state index contributed by atoms with van der Waals surface area (Å²) in [6.45, 7) is 5.33. The minimum atomic E-state index is -1.17. The molecule has 182 valence electrons. The molecule has 0 aromatic carbocycles. The van der Waals surface area contributed by atoms with Crippen LogP contribution in [0.5, 0.6) is 0 Å². The third-order valence-corrected chi connectivity index (χ3v) is 7.49. The van der Waals surface area contributed by atoms with Gasteiger partial charge in [0, 0.05) is 25.7 Å². The van der Waals surface area contributed by atoms with E-state index in [1.54, 1.807) is 17.1 Å². The van der Waals surface area contributed by atoms with Gasteiger partial charge in [-0.2, -0.15) is 0 Å². The number of hydrogen-bond donors (Lipinski definition) is 1. The number of cyclic esters (lactones) is 1. The van der Waals surface area contributed by atoms with Crippen LogP contribution in [0.15, 0.2) is 24.3 Å². The molecule has 0 aromatic heterocycles. The third-order valence-electron chi connectivity index (χ3n) is 7.49. The van der Waals surface area contributed by atoms with Crippen molar-refractivity contribution in [1.82, 2.24) is 9.80 Å². The zero-order valence-corrected chi connectivity index (χ0v) is 19.7. The number of aliphatic hydroxyl groups excluding tert-OH is 1. The topological polar surface area (TPSA) is 96.4 Å². The second-order valence-corrected chi connectivity index (χ2v) is 9.60. The first kappa shape index (κ1) is 24.0. The van der Waals surface area contributed by atoms with E-state index >= 15 is 0 Å². The summed E-state index contributed by atoms with van der Waals surface area (Å²) in [5.41, 5.74) is -1.17. The Morgan fingerprint density at radius 3 is 2.70 bits per heavy atom. The van der Waals surface area contributed by atoms with Crippen LogP contribution in [0, 0.1) is 11.8 Å². The van der Waals surface area contributed by atoms with Gasteiger partial charge in [0.15, 0.2) is 0 Å². The van der Waals surface area contributed by atoms with E-state index < -0.39 is 35.6 Å². The van der Waals surface area contributed by atoms with Crippen LogP contribution in [0.2, 0.25) is 0 Å². The minimum Gasteiger partial charge on any atom is -0.461 e. The zero-order valence-electron chi connectivity index (χ0n) is 19.7. The molecule has 2 amide bonds. The number of hydrogen-bond acceptors (Lipinski definition) is 6. The highest BCUT2D eigenvalue weighted by Crippen LogP contribution is 2.53. The number of aliphatic hydroxyl groups is 1. The first-order valence-electron chi connectivity index (χ1n) is 12.4. The maximum atomic E-state index is 14.0. The molecule has 2 fully saturated rings. The van der Waals surface area contributed by atoms with Crippen molar-refractivity contribution in [2.24, 2.45) is 11.8 Å². The summed E-state index contributed by atoms with van der Waals surface area (Å²) >= 11 is 0. The van der Waals surface area contributed by atoms with Crippen molar-refractivity contribution in [2.45, 2.75) is 76.2 Å². The molecule has 4 aliphatic rings. The van der Waals surface area contributed by atoms with Gasteiger partial charge in [0.25, 0.3) is 0 Å². The Morgan fingerprint density at radius 2 is 1.94 bits per heavy atom. The highest BCUT2D eigenvalue weighted by atomic mass is 16.6. The summed E-state index contributed by atoms with van der Waals surface area (Å²) in [4.78, 5) is 44.1. The normalized spacial score (nSPS) is 34.0. The maximum Gasteiger partial charge on any atom is 0.313 e. The zero-order chi connectivity index (χ0) is 23.6. The lowest BCUT2D eigenvalue weighted by molar-refractivity contribution is -0.153. The molecule has 6 atom stereocenters. The lowest BCUT2D eigenvalue weighted by atomic mass is 9.78. The predicted octanol–water partition coefficient (Wildman–Crippen LogP) is 1.82. The van der Waals surface area contributed by atoms with Gasteiger partial charge < -0.3 is 24.4 Å². The molecule has 0 aliphatic carbocycles. The van der Waals surface area contributed by atoms with Crippen LogP contribution in [0.1, 0.15) is 52.4 Å². The average Bonchev–Trinajstić information content (AvgIpc) is 3.08. The maximum absolute atomic E-state index is 14.0. The molecule has 0 saturated carbocycles. The van der Waals surface area contributed by atoms with Crippen molar-refractivity contribution in [3.05, 3.63) is 24.3 Å². The number of esters is 1. The van der Waals surface area contributed by atoms with E-state index in [1.807, 2.05) is 24.0 Å². The summed E-state index contributed by atoms with van der Waals surface area (Å²) in [5.74, 6) is -2.28. The number of carbonyl (C=O) groups excluding carboxylic acids is 3. The number of nitrogens with zero attached hydrogens (tertiary/aromatic N) is 2. The van der Waals surface area contributed by atoms with Gasteiger partial charge in [0.1, 0.15) is 24.2 Å². The molecular weight excluding hydrogens is 424 g/mol. The number of amides is 2. The third kappa shape index (κ3) is 4.12. The number of unbranched alkanes of at least 4 members (excludes halogenated alkanes) is 3. The molecule has 8 heteroatoms. The van der Waals surface area contributed by atoms with E-state index in [1.165, 1.54) is 0 Å². The van der Waals surface area contributed by atoms with Crippen LogP contribution >= 0.6 is 0 Å². The van der Waals surface area contributed by atoms with E-state index in [0.717, 1.165) is 38.5 Å². The Hall–Kier alpha value is -2.19. The fourth-order valence-corrected chi connectivity index (χ4v) is 5.94. The summed E-state index contributed by atoms with van der Waals surface area (Å²) < 4.78 is 11.8. The number of rotatable bonds is 9. The predicted molar refractivity (Wildman–Crippen MR) is 121 cm³/mol. The summed E-state index contributed by atoms with van der Waals surface area (Å²) in [6.07, 6.45) is 11.8. The molecule has 4 heterocycles. The van der Waals surface area contributed by atoms with Crippen LogP contribution in [-0.2, 0) is 23.9 Å². The minimum absolute atomic E-state index is 0.0413. The molecule has 0 bridgehead atoms. The van der Waals surface area contributed by atoms with Crippen LogP contribution in [-0.4, -0.2) is 82.8 Å². The summed E-state index contributed by atoms with van der Waals surface area (Å²) in [6, 6.07) is -0.751. The van der Waals surface area contributed by atoms with Crippen molar-refractivity contribution in [3.63, 3.8) is 0 Å². The quantitative estimate of drug-likeness (QED) is 0.320. The fraction of sp³-hybridized carbons (Fsp3) is 0.720. The molecule has 1 N–H and O–H groups in total. The van der Waals surface area contributed by atoms with Gasteiger partial charge >= 0.3 is 5.97 Å². The summed E-state index contributed by atoms with van der Waals surface area (Å²) in [7, 11) is 0. The lowest BCUT2D eigenvalue weighted by Gasteiger charge is -2.37. The lowest BCUT2D eigenvalue weighted by Crippen LogP contribution is -2.56. The number of carbonyl (C=O) groups is 3. The van der Waals surface area contributed by atoms with Crippen LogP contribution in [0.4, 0.5) is 0 Å². The second kappa shape index (κ2) is 9.97. The van der Waals surface area contributed by atoms with Crippen LogP contribution < -0.4 is 0 Å². The molecule has 0 radical (unpaired) electrons. The Bertz CT molecular complexity index is 826. The van der Waals surface area contributed by atoms with Gasteiger partial charge in [-0.3, -0.25) is 14.4 Å². The number of likely N-dealkylation sites (tertiary alicyclic amines) is 1. The Morgan fingerprint density at radius 1 is 1.15 bits per heavy atom. The molecular formula is C25H36N2O6. The molecule has 33 heavy (non-hydrogen) atoms. The number of fused-ring (bicyclic) bond motifs is 2. The Kier molecular flexibility index (Phi) is 7.24. The first-order valence-corrected chi connectivity index (χ1v) is 12.4. The Balaban J connectivity index is 1.69. The van der Waals surface area contributed by atoms with E-state index in [0.29, 0.717) is 13.1 Å². The van der Waals surface area contributed by atoms with Crippen molar-refractivity contribution in [3.8, 4) is 0 Å². The average molecular weight is 461 g/mol. The van der Waals surface area contributed by atoms with Gasteiger partial charge in [-0.25, -0.2) is 0 Å². The van der Waals surface area contributed by atoms with Gasteiger partial charge in [-0.05, 0) is 32.3 Å². The van der Waals surface area contributed by atoms with E-state index in [-0.39, 0.29) is 31.1 Å². The van der Waals surface area contributed by atoms with Crippen molar-refractivity contribution in [1.29, 1.82) is 0 Å². The smallest absolute Gasteiger partial charge is 0.313 e.